The molecule has 1 unspecified atom stereocenters. The second-order valence-corrected chi connectivity index (χ2v) is 5.55. The van der Waals surface area contributed by atoms with Gasteiger partial charge in [-0.2, -0.15) is 0 Å². The van der Waals surface area contributed by atoms with Crippen LogP contribution >= 0.6 is 22.6 Å². The maximum absolute atomic E-state index is 2.56. The number of halogens is 1. The molecule has 0 amide bonds. The Morgan fingerprint density at radius 3 is 2.67 bits per heavy atom. The SMILES string of the molecule is CCCCC(I)CC=Cc1ccccc1. The van der Waals surface area contributed by atoms with Gasteiger partial charge < -0.3 is 0 Å². The van der Waals surface area contributed by atoms with Gasteiger partial charge in [0.15, 0.2) is 0 Å². The maximum atomic E-state index is 2.56. The van der Waals surface area contributed by atoms with Gasteiger partial charge in [-0.05, 0) is 18.4 Å². The Morgan fingerprint density at radius 2 is 2.00 bits per heavy atom. The van der Waals surface area contributed by atoms with Crippen molar-refractivity contribution >= 4 is 28.7 Å². The van der Waals surface area contributed by atoms with Crippen LogP contribution < -0.4 is 0 Å². The van der Waals surface area contributed by atoms with E-state index in [9.17, 15) is 0 Å². The predicted molar refractivity (Wildman–Crippen MR) is 77.4 cm³/mol. The zero-order valence-corrected chi connectivity index (χ0v) is 11.5. The first kappa shape index (κ1) is 12.8. The molecule has 0 bridgehead atoms. The molecule has 0 N–H and O–H groups in total. The quantitative estimate of drug-likeness (QED) is 0.507. The van der Waals surface area contributed by atoms with Crippen LogP contribution in [-0.2, 0) is 0 Å². The van der Waals surface area contributed by atoms with Crippen molar-refractivity contribution in [1.82, 2.24) is 0 Å². The van der Waals surface area contributed by atoms with Gasteiger partial charge in [-0.15, -0.1) is 0 Å². The lowest BCUT2D eigenvalue weighted by molar-refractivity contribution is 0.703. The van der Waals surface area contributed by atoms with Crippen LogP contribution in [0, 0.1) is 0 Å². The van der Waals surface area contributed by atoms with Gasteiger partial charge in [0.2, 0.25) is 0 Å². The third-order valence-electron chi connectivity index (χ3n) is 2.37. The fourth-order valence-electron chi connectivity index (χ4n) is 1.46. The van der Waals surface area contributed by atoms with Crippen molar-refractivity contribution in [2.75, 3.05) is 0 Å². The lowest BCUT2D eigenvalue weighted by atomic mass is 10.1. The van der Waals surface area contributed by atoms with Gasteiger partial charge in [-0.25, -0.2) is 0 Å². The van der Waals surface area contributed by atoms with Crippen LogP contribution in [0.4, 0.5) is 0 Å². The topological polar surface area (TPSA) is 0 Å². The van der Waals surface area contributed by atoms with Crippen molar-refractivity contribution in [1.29, 1.82) is 0 Å². The van der Waals surface area contributed by atoms with Crippen molar-refractivity contribution in [3.8, 4) is 0 Å². The Labute approximate surface area is 107 Å². The summed E-state index contributed by atoms with van der Waals surface area (Å²) in [7, 11) is 0. The van der Waals surface area contributed by atoms with E-state index >= 15 is 0 Å². The normalized spacial score (nSPS) is 13.2. The molecular formula is C14H19I. The van der Waals surface area contributed by atoms with Crippen LogP contribution in [0.5, 0.6) is 0 Å². The molecule has 0 nitrogen and oxygen atoms in total. The highest BCUT2D eigenvalue weighted by Crippen LogP contribution is 2.15. The third-order valence-corrected chi connectivity index (χ3v) is 3.50. The number of hydrogen-bond donors (Lipinski definition) is 0. The van der Waals surface area contributed by atoms with Crippen molar-refractivity contribution < 1.29 is 0 Å². The highest BCUT2D eigenvalue weighted by Gasteiger charge is 1.99. The Balaban J connectivity index is 2.27. The molecule has 0 saturated carbocycles. The molecule has 1 rings (SSSR count). The maximum Gasteiger partial charge on any atom is 0.0144 e. The number of allylic oxidation sites excluding steroid dienone is 1. The average molecular weight is 314 g/mol. The van der Waals surface area contributed by atoms with E-state index in [-0.39, 0.29) is 0 Å². The number of hydrogen-bond acceptors (Lipinski definition) is 0. The van der Waals surface area contributed by atoms with Crippen LogP contribution in [-0.4, -0.2) is 3.92 Å². The summed E-state index contributed by atoms with van der Waals surface area (Å²) in [6.07, 6.45) is 9.71. The van der Waals surface area contributed by atoms with E-state index in [2.05, 4.69) is 72.0 Å². The van der Waals surface area contributed by atoms with Crippen molar-refractivity contribution in [3.63, 3.8) is 0 Å². The van der Waals surface area contributed by atoms with Gasteiger partial charge in [-0.3, -0.25) is 0 Å². The Hall–Kier alpha value is -0.310. The molecule has 0 aliphatic carbocycles. The average Bonchev–Trinajstić information content (AvgIpc) is 2.28. The molecule has 0 radical (unpaired) electrons. The molecule has 1 heteroatoms. The molecular weight excluding hydrogens is 295 g/mol. The lowest BCUT2D eigenvalue weighted by Crippen LogP contribution is -1.94. The fourth-order valence-corrected chi connectivity index (χ4v) is 2.19. The summed E-state index contributed by atoms with van der Waals surface area (Å²) in [6.45, 7) is 2.25. The van der Waals surface area contributed by atoms with Gasteiger partial charge in [0.05, 0.1) is 0 Å². The molecule has 0 spiro atoms. The molecule has 0 fully saturated rings. The molecule has 1 atom stereocenters. The van der Waals surface area contributed by atoms with E-state index in [0.29, 0.717) is 0 Å². The molecule has 15 heavy (non-hydrogen) atoms. The first-order valence-electron chi connectivity index (χ1n) is 5.68. The standard InChI is InChI=1S/C14H19I/c1-2-3-11-14(15)12-7-10-13-8-5-4-6-9-13/h4-10,14H,2-3,11-12H2,1H3. The first-order valence-corrected chi connectivity index (χ1v) is 6.93. The van der Waals surface area contributed by atoms with Crippen LogP contribution in [0.3, 0.4) is 0 Å². The molecule has 0 saturated heterocycles. The fraction of sp³-hybridized carbons (Fsp3) is 0.429. The Kier molecular flexibility index (Phi) is 6.73. The summed E-state index contributed by atoms with van der Waals surface area (Å²) in [5.41, 5.74) is 1.30. The van der Waals surface area contributed by atoms with Gasteiger partial charge in [0, 0.05) is 3.92 Å². The van der Waals surface area contributed by atoms with Crippen LogP contribution in [0.1, 0.15) is 38.2 Å². The number of benzene rings is 1. The summed E-state index contributed by atoms with van der Waals surface area (Å²) < 4.78 is 0.794. The Morgan fingerprint density at radius 1 is 1.27 bits per heavy atom. The van der Waals surface area contributed by atoms with E-state index in [0.717, 1.165) is 3.92 Å². The monoisotopic (exact) mass is 314 g/mol. The highest BCUT2D eigenvalue weighted by molar-refractivity contribution is 14.1. The van der Waals surface area contributed by atoms with Gasteiger partial charge in [0.1, 0.15) is 0 Å². The predicted octanol–water partition coefficient (Wildman–Crippen LogP) is 5.08. The van der Waals surface area contributed by atoms with E-state index in [1.54, 1.807) is 0 Å². The minimum Gasteiger partial charge on any atom is -0.0829 e. The Bertz CT molecular complexity index is 277. The van der Waals surface area contributed by atoms with E-state index < -0.39 is 0 Å². The van der Waals surface area contributed by atoms with Gasteiger partial charge in [-0.1, -0.05) is 84.8 Å². The van der Waals surface area contributed by atoms with Gasteiger partial charge >= 0.3 is 0 Å². The molecule has 82 valence electrons. The van der Waals surface area contributed by atoms with Gasteiger partial charge in [0.25, 0.3) is 0 Å². The van der Waals surface area contributed by atoms with Crippen LogP contribution in [0.15, 0.2) is 36.4 Å². The molecule has 0 heterocycles. The molecule has 0 aromatic heterocycles. The smallest absolute Gasteiger partial charge is 0.0144 e. The highest BCUT2D eigenvalue weighted by atomic mass is 127. The largest absolute Gasteiger partial charge is 0.0829 e. The zero-order valence-electron chi connectivity index (χ0n) is 9.33. The van der Waals surface area contributed by atoms with E-state index in [1.165, 1.54) is 31.2 Å². The summed E-state index contributed by atoms with van der Waals surface area (Å²) >= 11 is 2.56. The molecule has 1 aromatic carbocycles. The molecule has 0 aliphatic heterocycles. The van der Waals surface area contributed by atoms with Crippen molar-refractivity contribution in [2.24, 2.45) is 0 Å². The van der Waals surface area contributed by atoms with Crippen LogP contribution in [0.2, 0.25) is 0 Å². The lowest BCUT2D eigenvalue weighted by Gasteiger charge is -2.04. The van der Waals surface area contributed by atoms with Crippen LogP contribution in [0.25, 0.3) is 6.08 Å². The summed E-state index contributed by atoms with van der Waals surface area (Å²) in [5, 5.41) is 0. The summed E-state index contributed by atoms with van der Waals surface area (Å²) in [5.74, 6) is 0. The number of rotatable bonds is 6. The summed E-state index contributed by atoms with van der Waals surface area (Å²) in [6, 6.07) is 10.5. The van der Waals surface area contributed by atoms with E-state index in [1.807, 2.05) is 0 Å². The van der Waals surface area contributed by atoms with E-state index in [4.69, 9.17) is 0 Å². The molecule has 0 aliphatic rings. The minimum atomic E-state index is 0.794. The van der Waals surface area contributed by atoms with Crippen molar-refractivity contribution in [2.45, 2.75) is 36.5 Å². The number of unbranched alkanes of at least 4 members (excludes halogenated alkanes) is 1. The second kappa shape index (κ2) is 7.91. The van der Waals surface area contributed by atoms with Crippen molar-refractivity contribution in [3.05, 3.63) is 42.0 Å². The molecule has 1 aromatic rings. The summed E-state index contributed by atoms with van der Waals surface area (Å²) in [4.78, 5) is 0. The zero-order chi connectivity index (χ0) is 10.9. The number of alkyl halides is 1. The third kappa shape index (κ3) is 5.98. The first-order chi connectivity index (χ1) is 7.33. The minimum absolute atomic E-state index is 0.794. The second-order valence-electron chi connectivity index (χ2n) is 3.79.